The lowest BCUT2D eigenvalue weighted by Gasteiger charge is -2.27. The van der Waals surface area contributed by atoms with Crippen LogP contribution >= 0.6 is 0 Å². The standard InChI is InChI=1S/C9H19N.C8H17N.C7H15N/c1-9(2)8-10-6-4-3-5-7-10;1-8(2)7-9-5-3-4-6-9;1-7(2)8-5-3-4-6-8/h9H,3-8H2,1-2H3;8H,3-7H2,1-2H3;7H,3-6H2,1-2H3. The van der Waals surface area contributed by atoms with E-state index in [1.807, 2.05) is 0 Å². The summed E-state index contributed by atoms with van der Waals surface area (Å²) in [7, 11) is 0. The van der Waals surface area contributed by atoms with Crippen molar-refractivity contribution in [3.8, 4) is 0 Å². The van der Waals surface area contributed by atoms with Crippen LogP contribution in [0.1, 0.15) is 86.5 Å². The number of rotatable bonds is 5. The molecule has 0 unspecified atom stereocenters. The number of nitrogens with zero attached hydrogens (tertiary/aromatic N) is 3. The topological polar surface area (TPSA) is 9.72 Å². The third kappa shape index (κ3) is 12.9. The van der Waals surface area contributed by atoms with Crippen LogP contribution in [0.2, 0.25) is 0 Å². The molecule has 0 bridgehead atoms. The fourth-order valence-electron chi connectivity index (χ4n) is 4.40. The van der Waals surface area contributed by atoms with E-state index in [1.165, 1.54) is 97.3 Å². The Kier molecular flexibility index (Phi) is 13.7. The van der Waals surface area contributed by atoms with Crippen LogP contribution in [0.3, 0.4) is 0 Å². The highest BCUT2D eigenvalue weighted by Crippen LogP contribution is 2.11. The first-order chi connectivity index (χ1) is 12.9. The third-order valence-corrected chi connectivity index (χ3v) is 5.77. The van der Waals surface area contributed by atoms with Crippen LogP contribution < -0.4 is 0 Å². The molecule has 0 amide bonds. The molecule has 0 aromatic heterocycles. The molecule has 0 saturated carbocycles. The average Bonchev–Trinajstić information content (AvgIpc) is 3.29. The fourth-order valence-corrected chi connectivity index (χ4v) is 4.40. The summed E-state index contributed by atoms with van der Waals surface area (Å²) in [6.07, 6.45) is 9.98. The predicted octanol–water partition coefficient (Wildman–Crippen LogP) is 5.36. The molecule has 3 fully saturated rings. The van der Waals surface area contributed by atoms with Gasteiger partial charge in [0.2, 0.25) is 0 Å². The highest BCUT2D eigenvalue weighted by molar-refractivity contribution is 4.69. The van der Waals surface area contributed by atoms with Gasteiger partial charge >= 0.3 is 0 Å². The Labute approximate surface area is 171 Å². The van der Waals surface area contributed by atoms with Gasteiger partial charge < -0.3 is 14.7 Å². The maximum atomic E-state index is 2.59. The molecule has 3 heteroatoms. The summed E-state index contributed by atoms with van der Waals surface area (Å²) in [6.45, 7) is 24.4. The van der Waals surface area contributed by atoms with Gasteiger partial charge in [0.05, 0.1) is 0 Å². The zero-order valence-corrected chi connectivity index (χ0v) is 19.7. The van der Waals surface area contributed by atoms with Crippen molar-refractivity contribution >= 4 is 0 Å². The summed E-state index contributed by atoms with van der Waals surface area (Å²) in [6, 6.07) is 0.775. The molecule has 0 radical (unpaired) electrons. The molecule has 0 spiro atoms. The first-order valence-corrected chi connectivity index (χ1v) is 12.1. The maximum absolute atomic E-state index is 2.59. The molecule has 3 saturated heterocycles. The van der Waals surface area contributed by atoms with Crippen LogP contribution in [0, 0.1) is 11.8 Å². The monoisotopic (exact) mass is 381 g/mol. The zero-order chi connectivity index (χ0) is 20.1. The molecule has 0 aromatic carbocycles. The lowest BCUT2D eigenvalue weighted by molar-refractivity contribution is 0.206. The van der Waals surface area contributed by atoms with Gasteiger partial charge in [0.25, 0.3) is 0 Å². The van der Waals surface area contributed by atoms with Crippen molar-refractivity contribution in [3.63, 3.8) is 0 Å². The smallest absolute Gasteiger partial charge is 0.00385 e. The Hall–Kier alpha value is -0.120. The van der Waals surface area contributed by atoms with Crippen LogP contribution in [-0.4, -0.2) is 73.1 Å². The molecule has 3 heterocycles. The van der Waals surface area contributed by atoms with E-state index >= 15 is 0 Å². The largest absolute Gasteiger partial charge is 0.303 e. The first-order valence-electron chi connectivity index (χ1n) is 12.1. The van der Waals surface area contributed by atoms with Gasteiger partial charge in [-0.1, -0.05) is 34.1 Å². The molecule has 0 aromatic rings. The number of hydrogen-bond donors (Lipinski definition) is 0. The minimum atomic E-state index is 0.775. The van der Waals surface area contributed by atoms with Gasteiger partial charge in [0.15, 0.2) is 0 Å². The molecule has 3 rings (SSSR count). The Bertz CT molecular complexity index is 323. The van der Waals surface area contributed by atoms with Crippen molar-refractivity contribution in [2.75, 3.05) is 52.4 Å². The van der Waals surface area contributed by atoms with Crippen LogP contribution in [0.5, 0.6) is 0 Å². The molecule has 3 aliphatic rings. The van der Waals surface area contributed by atoms with E-state index in [0.29, 0.717) is 0 Å². The Morgan fingerprint density at radius 3 is 1.11 bits per heavy atom. The number of piperidine rings is 1. The van der Waals surface area contributed by atoms with Crippen molar-refractivity contribution in [1.82, 2.24) is 14.7 Å². The van der Waals surface area contributed by atoms with Crippen molar-refractivity contribution in [1.29, 1.82) is 0 Å². The molecular formula is C24H51N3. The van der Waals surface area contributed by atoms with Crippen LogP contribution in [0.25, 0.3) is 0 Å². The van der Waals surface area contributed by atoms with E-state index in [2.05, 4.69) is 56.2 Å². The zero-order valence-electron chi connectivity index (χ0n) is 19.7. The summed E-state index contributed by atoms with van der Waals surface area (Å²) < 4.78 is 0. The molecule has 0 atom stereocenters. The van der Waals surface area contributed by atoms with Crippen molar-refractivity contribution in [2.45, 2.75) is 92.5 Å². The lowest BCUT2D eigenvalue weighted by Crippen LogP contribution is -2.32. The van der Waals surface area contributed by atoms with Gasteiger partial charge in [0.1, 0.15) is 0 Å². The molecule has 0 N–H and O–H groups in total. The van der Waals surface area contributed by atoms with Gasteiger partial charge in [0, 0.05) is 19.1 Å². The normalized spacial score (nSPS) is 22.1. The molecule has 3 nitrogen and oxygen atoms in total. The van der Waals surface area contributed by atoms with Crippen LogP contribution in [0.4, 0.5) is 0 Å². The quantitative estimate of drug-likeness (QED) is 0.635. The number of hydrogen-bond acceptors (Lipinski definition) is 3. The summed E-state index contributed by atoms with van der Waals surface area (Å²) in [4.78, 5) is 7.68. The van der Waals surface area contributed by atoms with Gasteiger partial charge in [-0.15, -0.1) is 0 Å². The minimum Gasteiger partial charge on any atom is -0.303 e. The second-order valence-electron chi connectivity index (χ2n) is 9.99. The van der Waals surface area contributed by atoms with Crippen molar-refractivity contribution in [3.05, 3.63) is 0 Å². The van der Waals surface area contributed by atoms with E-state index < -0.39 is 0 Å². The predicted molar refractivity (Wildman–Crippen MR) is 122 cm³/mol. The average molecular weight is 382 g/mol. The van der Waals surface area contributed by atoms with Crippen LogP contribution in [-0.2, 0) is 0 Å². The lowest BCUT2D eigenvalue weighted by atomic mass is 10.1. The Balaban J connectivity index is 0.000000204. The highest BCUT2D eigenvalue weighted by atomic mass is 15.2. The minimum absolute atomic E-state index is 0.775. The van der Waals surface area contributed by atoms with Crippen molar-refractivity contribution in [2.24, 2.45) is 11.8 Å². The summed E-state index contributed by atoms with van der Waals surface area (Å²) in [5.74, 6) is 1.70. The second kappa shape index (κ2) is 14.8. The van der Waals surface area contributed by atoms with Gasteiger partial charge in [-0.05, 0) is 103 Å². The summed E-state index contributed by atoms with van der Waals surface area (Å²) in [5.41, 5.74) is 0. The highest BCUT2D eigenvalue weighted by Gasteiger charge is 2.13. The third-order valence-electron chi connectivity index (χ3n) is 5.77. The maximum Gasteiger partial charge on any atom is 0.00385 e. The molecule has 0 aliphatic carbocycles. The molecule has 3 aliphatic heterocycles. The fraction of sp³-hybridized carbons (Fsp3) is 1.00. The Morgan fingerprint density at radius 1 is 0.481 bits per heavy atom. The first kappa shape index (κ1) is 24.9. The van der Waals surface area contributed by atoms with Gasteiger partial charge in [-0.25, -0.2) is 0 Å². The summed E-state index contributed by atoms with van der Waals surface area (Å²) >= 11 is 0. The van der Waals surface area contributed by atoms with E-state index in [9.17, 15) is 0 Å². The van der Waals surface area contributed by atoms with E-state index in [4.69, 9.17) is 0 Å². The van der Waals surface area contributed by atoms with E-state index in [0.717, 1.165) is 17.9 Å². The number of likely N-dealkylation sites (tertiary alicyclic amines) is 3. The summed E-state index contributed by atoms with van der Waals surface area (Å²) in [5, 5.41) is 0. The Morgan fingerprint density at radius 2 is 0.815 bits per heavy atom. The SMILES string of the molecule is CC(C)CN1CCCC1.CC(C)CN1CCCCC1.CC(C)N1CCCC1. The van der Waals surface area contributed by atoms with Crippen LogP contribution in [0.15, 0.2) is 0 Å². The molecule has 27 heavy (non-hydrogen) atoms. The molecule has 162 valence electrons. The van der Waals surface area contributed by atoms with Gasteiger partial charge in [-0.3, -0.25) is 0 Å². The van der Waals surface area contributed by atoms with Crippen molar-refractivity contribution < 1.29 is 0 Å². The van der Waals surface area contributed by atoms with E-state index in [-0.39, 0.29) is 0 Å². The van der Waals surface area contributed by atoms with Gasteiger partial charge in [-0.2, -0.15) is 0 Å². The second-order valence-corrected chi connectivity index (χ2v) is 9.99. The van der Waals surface area contributed by atoms with E-state index in [1.54, 1.807) is 0 Å². The molecular weight excluding hydrogens is 330 g/mol.